The van der Waals surface area contributed by atoms with Crippen LogP contribution in [0.15, 0.2) is 22.8 Å². The molecular formula is C12H14FN3O2. The first-order valence-corrected chi connectivity index (χ1v) is 5.54. The van der Waals surface area contributed by atoms with Gasteiger partial charge in [0.05, 0.1) is 0 Å². The molecule has 1 heterocycles. The largest absolute Gasteiger partial charge is 0.487 e. The van der Waals surface area contributed by atoms with Gasteiger partial charge in [0, 0.05) is 11.6 Å². The molecule has 2 rings (SSSR count). The first-order valence-electron chi connectivity index (χ1n) is 5.54. The van der Waals surface area contributed by atoms with Gasteiger partial charge in [-0.25, -0.2) is 9.02 Å². The van der Waals surface area contributed by atoms with E-state index in [1.807, 2.05) is 0 Å². The van der Waals surface area contributed by atoms with Crippen molar-refractivity contribution in [2.75, 3.05) is 0 Å². The smallest absolute Gasteiger partial charge is 0.145 e. The maximum Gasteiger partial charge on any atom is 0.145 e. The van der Waals surface area contributed by atoms with Crippen molar-refractivity contribution in [3.8, 4) is 5.75 Å². The van der Waals surface area contributed by atoms with Crippen LogP contribution in [0.25, 0.3) is 0 Å². The molecule has 0 saturated carbocycles. The van der Waals surface area contributed by atoms with E-state index in [1.54, 1.807) is 19.9 Å². The van der Waals surface area contributed by atoms with Crippen LogP contribution in [0, 0.1) is 12.7 Å². The molecule has 5 nitrogen and oxygen atoms in total. The van der Waals surface area contributed by atoms with Crippen molar-refractivity contribution in [1.82, 2.24) is 10.3 Å². The Labute approximate surface area is 104 Å². The lowest BCUT2D eigenvalue weighted by atomic mass is 10.1. The molecule has 0 aliphatic carbocycles. The SMILES string of the molecule is Cc1nonc1COc1ccc(F)cc1[C@@H](C)N. The molecule has 2 aromatic rings. The second-order valence-corrected chi connectivity index (χ2v) is 4.06. The molecule has 0 aliphatic rings. The summed E-state index contributed by atoms with van der Waals surface area (Å²) in [5.74, 6) is 0.197. The highest BCUT2D eigenvalue weighted by molar-refractivity contribution is 5.36. The number of aromatic nitrogens is 2. The maximum absolute atomic E-state index is 13.1. The molecule has 96 valence electrons. The van der Waals surface area contributed by atoms with Crippen LogP contribution in [0.2, 0.25) is 0 Å². The van der Waals surface area contributed by atoms with Crippen molar-refractivity contribution >= 4 is 0 Å². The van der Waals surface area contributed by atoms with E-state index in [0.29, 0.717) is 22.7 Å². The van der Waals surface area contributed by atoms with E-state index in [9.17, 15) is 4.39 Å². The quantitative estimate of drug-likeness (QED) is 0.900. The highest BCUT2D eigenvalue weighted by Crippen LogP contribution is 2.25. The molecule has 1 aromatic carbocycles. The van der Waals surface area contributed by atoms with Crippen LogP contribution < -0.4 is 10.5 Å². The van der Waals surface area contributed by atoms with Gasteiger partial charge in [-0.1, -0.05) is 10.3 Å². The lowest BCUT2D eigenvalue weighted by molar-refractivity contribution is 0.267. The van der Waals surface area contributed by atoms with Gasteiger partial charge in [0.25, 0.3) is 0 Å². The Balaban J connectivity index is 2.16. The standard InChI is InChI=1S/C12H14FN3O2/c1-7(14)10-5-9(13)3-4-12(10)17-6-11-8(2)15-18-16-11/h3-5,7H,6,14H2,1-2H3/t7-/m1/s1. The zero-order valence-corrected chi connectivity index (χ0v) is 10.2. The number of aryl methyl sites for hydroxylation is 1. The highest BCUT2D eigenvalue weighted by Gasteiger charge is 2.12. The fourth-order valence-electron chi connectivity index (χ4n) is 1.53. The lowest BCUT2D eigenvalue weighted by Crippen LogP contribution is -2.09. The normalized spacial score (nSPS) is 12.4. The van der Waals surface area contributed by atoms with Gasteiger partial charge in [-0.15, -0.1) is 0 Å². The molecule has 0 radical (unpaired) electrons. The molecule has 6 heteroatoms. The van der Waals surface area contributed by atoms with Crippen LogP contribution in [0.5, 0.6) is 5.75 Å². The third kappa shape index (κ3) is 2.65. The Morgan fingerprint density at radius 1 is 1.44 bits per heavy atom. The summed E-state index contributed by atoms with van der Waals surface area (Å²) in [7, 11) is 0. The number of nitrogens with two attached hydrogens (primary N) is 1. The molecular weight excluding hydrogens is 237 g/mol. The first-order chi connectivity index (χ1) is 8.58. The molecule has 18 heavy (non-hydrogen) atoms. The number of hydrogen-bond acceptors (Lipinski definition) is 5. The second kappa shape index (κ2) is 5.14. The third-order valence-electron chi connectivity index (χ3n) is 2.57. The van der Waals surface area contributed by atoms with Crippen LogP contribution in [0.3, 0.4) is 0 Å². The van der Waals surface area contributed by atoms with Crippen molar-refractivity contribution in [2.45, 2.75) is 26.5 Å². The molecule has 0 unspecified atom stereocenters. The molecule has 0 spiro atoms. The van der Waals surface area contributed by atoms with Gasteiger partial charge in [-0.2, -0.15) is 0 Å². The number of halogens is 1. The summed E-state index contributed by atoms with van der Waals surface area (Å²) < 4.78 is 23.3. The minimum atomic E-state index is -0.339. The Hall–Kier alpha value is -1.95. The van der Waals surface area contributed by atoms with Crippen molar-refractivity contribution in [2.24, 2.45) is 5.73 Å². The minimum Gasteiger partial charge on any atom is -0.487 e. The summed E-state index contributed by atoms with van der Waals surface area (Å²) >= 11 is 0. The van der Waals surface area contributed by atoms with E-state index in [-0.39, 0.29) is 18.5 Å². The van der Waals surface area contributed by atoms with Crippen LogP contribution in [-0.4, -0.2) is 10.3 Å². The molecule has 1 atom stereocenters. The van der Waals surface area contributed by atoms with Gasteiger partial charge in [0.2, 0.25) is 0 Å². The first kappa shape index (κ1) is 12.5. The van der Waals surface area contributed by atoms with Gasteiger partial charge in [0.1, 0.15) is 29.6 Å². The van der Waals surface area contributed by atoms with Crippen LogP contribution in [0.1, 0.15) is 29.9 Å². The molecule has 2 N–H and O–H groups in total. The fourth-order valence-corrected chi connectivity index (χ4v) is 1.53. The number of rotatable bonds is 4. The zero-order chi connectivity index (χ0) is 13.1. The van der Waals surface area contributed by atoms with Gasteiger partial charge in [-0.3, -0.25) is 0 Å². The molecule has 0 bridgehead atoms. The molecule has 0 aliphatic heterocycles. The maximum atomic E-state index is 13.1. The van der Waals surface area contributed by atoms with E-state index >= 15 is 0 Å². The van der Waals surface area contributed by atoms with Gasteiger partial charge in [0.15, 0.2) is 0 Å². The highest BCUT2D eigenvalue weighted by atomic mass is 19.1. The number of ether oxygens (including phenoxy) is 1. The Bertz CT molecular complexity index is 540. The zero-order valence-electron chi connectivity index (χ0n) is 10.2. The molecule has 0 saturated heterocycles. The topological polar surface area (TPSA) is 74.2 Å². The Kier molecular flexibility index (Phi) is 3.57. The van der Waals surface area contributed by atoms with E-state index in [1.165, 1.54) is 12.1 Å². The summed E-state index contributed by atoms with van der Waals surface area (Å²) in [5.41, 5.74) is 7.66. The van der Waals surface area contributed by atoms with Crippen molar-refractivity contribution in [3.05, 3.63) is 41.0 Å². The lowest BCUT2D eigenvalue weighted by Gasteiger charge is -2.13. The Morgan fingerprint density at radius 3 is 2.83 bits per heavy atom. The summed E-state index contributed by atoms with van der Waals surface area (Å²) in [4.78, 5) is 0. The van der Waals surface area contributed by atoms with Crippen molar-refractivity contribution < 1.29 is 13.8 Å². The Morgan fingerprint density at radius 2 is 2.22 bits per heavy atom. The van der Waals surface area contributed by atoms with Crippen LogP contribution >= 0.6 is 0 Å². The minimum absolute atomic E-state index is 0.209. The summed E-state index contributed by atoms with van der Waals surface area (Å²) in [6, 6.07) is 3.94. The van der Waals surface area contributed by atoms with Gasteiger partial charge < -0.3 is 10.5 Å². The summed E-state index contributed by atoms with van der Waals surface area (Å²) in [5, 5.41) is 7.36. The second-order valence-electron chi connectivity index (χ2n) is 4.06. The van der Waals surface area contributed by atoms with E-state index in [0.717, 1.165) is 0 Å². The summed E-state index contributed by atoms with van der Waals surface area (Å²) in [6.07, 6.45) is 0. The predicted octanol–water partition coefficient (Wildman–Crippen LogP) is 2.12. The number of benzene rings is 1. The van der Waals surface area contributed by atoms with Crippen LogP contribution in [0.4, 0.5) is 4.39 Å². The molecule has 0 fully saturated rings. The third-order valence-corrected chi connectivity index (χ3v) is 2.57. The average molecular weight is 251 g/mol. The van der Waals surface area contributed by atoms with E-state index in [4.69, 9.17) is 10.5 Å². The van der Waals surface area contributed by atoms with E-state index < -0.39 is 0 Å². The van der Waals surface area contributed by atoms with Crippen LogP contribution in [-0.2, 0) is 6.61 Å². The monoisotopic (exact) mass is 251 g/mol. The summed E-state index contributed by atoms with van der Waals surface area (Å²) in [6.45, 7) is 3.75. The number of hydrogen-bond donors (Lipinski definition) is 1. The number of nitrogens with zero attached hydrogens (tertiary/aromatic N) is 2. The van der Waals surface area contributed by atoms with Crippen molar-refractivity contribution in [1.29, 1.82) is 0 Å². The molecule has 1 aromatic heterocycles. The van der Waals surface area contributed by atoms with Gasteiger partial charge in [-0.05, 0) is 32.0 Å². The van der Waals surface area contributed by atoms with Crippen molar-refractivity contribution in [3.63, 3.8) is 0 Å². The van der Waals surface area contributed by atoms with Gasteiger partial charge >= 0.3 is 0 Å². The van der Waals surface area contributed by atoms with E-state index in [2.05, 4.69) is 14.9 Å². The average Bonchev–Trinajstić information content (AvgIpc) is 2.73. The molecule has 0 amide bonds. The fraction of sp³-hybridized carbons (Fsp3) is 0.333. The predicted molar refractivity (Wildman–Crippen MR) is 62.4 cm³/mol.